The van der Waals surface area contributed by atoms with Crippen molar-refractivity contribution in [2.45, 2.75) is 38.6 Å². The minimum absolute atomic E-state index is 0.251. The second-order valence-electron chi connectivity index (χ2n) is 4.89. The van der Waals surface area contributed by atoms with E-state index >= 15 is 0 Å². The fourth-order valence-electron chi connectivity index (χ4n) is 2.42. The molecule has 1 heterocycles. The SMILES string of the molecule is Nc1cc(F)ccc1CN1CCCCCCC1. The van der Waals surface area contributed by atoms with Crippen molar-refractivity contribution in [2.75, 3.05) is 18.8 Å². The molecule has 1 aliphatic heterocycles. The molecule has 0 unspecified atom stereocenters. The van der Waals surface area contributed by atoms with Gasteiger partial charge in [-0.15, -0.1) is 0 Å². The van der Waals surface area contributed by atoms with Gasteiger partial charge < -0.3 is 5.73 Å². The van der Waals surface area contributed by atoms with Crippen molar-refractivity contribution in [3.8, 4) is 0 Å². The maximum Gasteiger partial charge on any atom is 0.125 e. The number of benzene rings is 1. The molecule has 2 N–H and O–H groups in total. The highest BCUT2D eigenvalue weighted by molar-refractivity contribution is 5.46. The highest BCUT2D eigenvalue weighted by Crippen LogP contribution is 2.18. The van der Waals surface area contributed by atoms with E-state index in [1.165, 1.54) is 44.2 Å². The Morgan fingerprint density at radius 3 is 2.35 bits per heavy atom. The summed E-state index contributed by atoms with van der Waals surface area (Å²) in [5.74, 6) is -0.251. The van der Waals surface area contributed by atoms with Crippen molar-refractivity contribution in [1.29, 1.82) is 0 Å². The Morgan fingerprint density at radius 2 is 1.71 bits per heavy atom. The number of anilines is 1. The fourth-order valence-corrected chi connectivity index (χ4v) is 2.42. The van der Waals surface area contributed by atoms with E-state index in [2.05, 4.69) is 4.90 Å². The maximum absolute atomic E-state index is 13.0. The van der Waals surface area contributed by atoms with Gasteiger partial charge in [-0.25, -0.2) is 4.39 Å². The van der Waals surface area contributed by atoms with Crippen LogP contribution in [0.5, 0.6) is 0 Å². The van der Waals surface area contributed by atoms with E-state index in [4.69, 9.17) is 5.73 Å². The molecule has 0 aliphatic carbocycles. The lowest BCUT2D eigenvalue weighted by atomic mass is 10.1. The minimum atomic E-state index is -0.251. The Bertz CT molecular complexity index is 357. The van der Waals surface area contributed by atoms with Crippen LogP contribution < -0.4 is 5.73 Å². The van der Waals surface area contributed by atoms with E-state index in [9.17, 15) is 4.39 Å². The van der Waals surface area contributed by atoms with Crippen molar-refractivity contribution >= 4 is 5.69 Å². The third-order valence-electron chi connectivity index (χ3n) is 3.45. The fraction of sp³-hybridized carbons (Fsp3) is 0.571. The molecule has 0 radical (unpaired) electrons. The second kappa shape index (κ2) is 6.01. The van der Waals surface area contributed by atoms with Gasteiger partial charge in [-0.3, -0.25) is 4.90 Å². The quantitative estimate of drug-likeness (QED) is 0.799. The largest absolute Gasteiger partial charge is 0.398 e. The van der Waals surface area contributed by atoms with Gasteiger partial charge in [0.2, 0.25) is 0 Å². The van der Waals surface area contributed by atoms with E-state index in [-0.39, 0.29) is 5.82 Å². The van der Waals surface area contributed by atoms with Crippen LogP contribution in [-0.4, -0.2) is 18.0 Å². The van der Waals surface area contributed by atoms with Crippen LogP contribution in [0.15, 0.2) is 18.2 Å². The Hall–Kier alpha value is -1.09. The van der Waals surface area contributed by atoms with Crippen LogP contribution in [0.2, 0.25) is 0 Å². The molecule has 1 aliphatic rings. The number of hydrogen-bond acceptors (Lipinski definition) is 2. The van der Waals surface area contributed by atoms with Crippen molar-refractivity contribution in [3.63, 3.8) is 0 Å². The number of nitrogen functional groups attached to an aromatic ring is 1. The molecule has 1 fully saturated rings. The third-order valence-corrected chi connectivity index (χ3v) is 3.45. The van der Waals surface area contributed by atoms with Crippen LogP contribution in [0.4, 0.5) is 10.1 Å². The first kappa shape index (κ1) is 12.4. The van der Waals surface area contributed by atoms with Gasteiger partial charge in [0.05, 0.1) is 0 Å². The smallest absolute Gasteiger partial charge is 0.125 e. The van der Waals surface area contributed by atoms with Crippen LogP contribution in [-0.2, 0) is 6.54 Å². The molecule has 1 saturated heterocycles. The van der Waals surface area contributed by atoms with Gasteiger partial charge in [0, 0.05) is 12.2 Å². The average molecular weight is 236 g/mol. The van der Waals surface area contributed by atoms with Gasteiger partial charge in [0.1, 0.15) is 5.82 Å². The standard InChI is InChI=1S/C14H21FN2/c15-13-7-6-12(14(16)10-13)11-17-8-4-2-1-3-5-9-17/h6-7,10H,1-5,8-9,11,16H2. The summed E-state index contributed by atoms with van der Waals surface area (Å²) in [6, 6.07) is 4.72. The molecule has 94 valence electrons. The number of nitrogens with zero attached hydrogens (tertiary/aromatic N) is 1. The van der Waals surface area contributed by atoms with Crippen LogP contribution in [0.1, 0.15) is 37.7 Å². The molecular formula is C14H21FN2. The third kappa shape index (κ3) is 3.70. The number of nitrogens with two attached hydrogens (primary N) is 1. The molecule has 2 nitrogen and oxygen atoms in total. The molecule has 0 aromatic heterocycles. The predicted molar refractivity (Wildman–Crippen MR) is 69.2 cm³/mol. The summed E-state index contributed by atoms with van der Waals surface area (Å²) in [5.41, 5.74) is 7.47. The zero-order chi connectivity index (χ0) is 12.1. The van der Waals surface area contributed by atoms with Gasteiger partial charge in [0.25, 0.3) is 0 Å². The van der Waals surface area contributed by atoms with E-state index in [1.54, 1.807) is 0 Å². The highest BCUT2D eigenvalue weighted by Gasteiger charge is 2.10. The van der Waals surface area contributed by atoms with Gasteiger partial charge in [-0.1, -0.05) is 25.3 Å². The Morgan fingerprint density at radius 1 is 1.06 bits per heavy atom. The van der Waals surface area contributed by atoms with Gasteiger partial charge >= 0.3 is 0 Å². The minimum Gasteiger partial charge on any atom is -0.398 e. The zero-order valence-electron chi connectivity index (χ0n) is 10.3. The summed E-state index contributed by atoms with van der Waals surface area (Å²) in [6.07, 6.45) is 6.56. The first-order valence-corrected chi connectivity index (χ1v) is 6.52. The molecule has 17 heavy (non-hydrogen) atoms. The topological polar surface area (TPSA) is 29.3 Å². The second-order valence-corrected chi connectivity index (χ2v) is 4.89. The van der Waals surface area contributed by atoms with Crippen molar-refractivity contribution in [3.05, 3.63) is 29.6 Å². The summed E-state index contributed by atoms with van der Waals surface area (Å²) in [5, 5.41) is 0. The summed E-state index contributed by atoms with van der Waals surface area (Å²) < 4.78 is 13.0. The number of likely N-dealkylation sites (tertiary alicyclic amines) is 1. The Labute approximate surface area is 103 Å². The first-order chi connectivity index (χ1) is 8.25. The van der Waals surface area contributed by atoms with E-state index in [0.717, 1.165) is 25.2 Å². The molecular weight excluding hydrogens is 215 g/mol. The van der Waals surface area contributed by atoms with Gasteiger partial charge in [-0.05, 0) is 43.6 Å². The van der Waals surface area contributed by atoms with Crippen LogP contribution >= 0.6 is 0 Å². The number of halogens is 1. The van der Waals surface area contributed by atoms with E-state index < -0.39 is 0 Å². The summed E-state index contributed by atoms with van der Waals surface area (Å²) in [7, 11) is 0. The molecule has 2 rings (SSSR count). The zero-order valence-corrected chi connectivity index (χ0v) is 10.3. The van der Waals surface area contributed by atoms with Crippen molar-refractivity contribution in [2.24, 2.45) is 0 Å². The molecule has 0 atom stereocenters. The van der Waals surface area contributed by atoms with Gasteiger partial charge in [0.15, 0.2) is 0 Å². The average Bonchev–Trinajstić information content (AvgIpc) is 2.25. The van der Waals surface area contributed by atoms with Crippen LogP contribution in [0.25, 0.3) is 0 Å². The van der Waals surface area contributed by atoms with Crippen molar-refractivity contribution < 1.29 is 4.39 Å². The maximum atomic E-state index is 13.0. The molecule has 0 spiro atoms. The van der Waals surface area contributed by atoms with Crippen molar-refractivity contribution in [1.82, 2.24) is 4.90 Å². The van der Waals surface area contributed by atoms with Crippen LogP contribution in [0.3, 0.4) is 0 Å². The van der Waals surface area contributed by atoms with E-state index in [1.807, 2.05) is 6.07 Å². The lowest BCUT2D eigenvalue weighted by Crippen LogP contribution is -2.27. The summed E-state index contributed by atoms with van der Waals surface area (Å²) in [4.78, 5) is 2.43. The Balaban J connectivity index is 1.98. The molecule has 0 amide bonds. The van der Waals surface area contributed by atoms with E-state index in [0.29, 0.717) is 5.69 Å². The van der Waals surface area contributed by atoms with Crippen LogP contribution in [0, 0.1) is 5.82 Å². The predicted octanol–water partition coefficient (Wildman–Crippen LogP) is 3.17. The van der Waals surface area contributed by atoms with Gasteiger partial charge in [-0.2, -0.15) is 0 Å². The Kier molecular flexibility index (Phi) is 4.37. The molecule has 0 saturated carbocycles. The normalized spacial score (nSPS) is 18.6. The lowest BCUT2D eigenvalue weighted by molar-refractivity contribution is 0.240. The molecule has 1 aromatic carbocycles. The number of rotatable bonds is 2. The lowest BCUT2D eigenvalue weighted by Gasteiger charge is -2.25. The molecule has 0 bridgehead atoms. The summed E-state index contributed by atoms with van der Waals surface area (Å²) in [6.45, 7) is 3.12. The first-order valence-electron chi connectivity index (χ1n) is 6.52. The summed E-state index contributed by atoms with van der Waals surface area (Å²) >= 11 is 0. The molecule has 1 aromatic rings. The molecule has 3 heteroatoms. The monoisotopic (exact) mass is 236 g/mol. The number of hydrogen-bond donors (Lipinski definition) is 1. The highest BCUT2D eigenvalue weighted by atomic mass is 19.1.